The van der Waals surface area contributed by atoms with Crippen LogP contribution in [0.1, 0.15) is 30.6 Å². The first-order valence-corrected chi connectivity index (χ1v) is 7.54. The largest absolute Gasteiger partial charge is 0.341 e. The van der Waals surface area contributed by atoms with Gasteiger partial charge < -0.3 is 9.80 Å². The fraction of sp³-hybridized carbons (Fsp3) is 0.500. The highest BCUT2D eigenvalue weighted by atomic mass is 19.2. The average molecular weight is 328 g/mol. The molecule has 126 valence electrons. The van der Waals surface area contributed by atoms with E-state index >= 15 is 0 Å². The van der Waals surface area contributed by atoms with Gasteiger partial charge in [0.2, 0.25) is 5.91 Å². The number of halogens is 3. The van der Waals surface area contributed by atoms with E-state index in [1.807, 2.05) is 0 Å². The molecule has 0 aromatic heterocycles. The number of carbonyl (C=O) groups excluding carboxylic acids is 2. The number of amides is 2. The van der Waals surface area contributed by atoms with E-state index in [9.17, 15) is 22.8 Å². The van der Waals surface area contributed by atoms with Crippen molar-refractivity contribution in [2.24, 2.45) is 5.92 Å². The summed E-state index contributed by atoms with van der Waals surface area (Å²) in [7, 11) is 0. The van der Waals surface area contributed by atoms with E-state index in [1.165, 1.54) is 4.90 Å². The van der Waals surface area contributed by atoms with Crippen LogP contribution >= 0.6 is 0 Å². The normalized spacial score (nSPS) is 15.7. The Labute approximate surface area is 132 Å². The zero-order valence-electron chi connectivity index (χ0n) is 13.1. The van der Waals surface area contributed by atoms with Gasteiger partial charge in [0, 0.05) is 32.1 Å². The fourth-order valence-electron chi connectivity index (χ4n) is 2.57. The molecule has 0 unspecified atom stereocenters. The molecule has 0 radical (unpaired) electrons. The van der Waals surface area contributed by atoms with Crippen molar-refractivity contribution in [1.82, 2.24) is 9.80 Å². The highest BCUT2D eigenvalue weighted by Gasteiger charge is 2.27. The summed E-state index contributed by atoms with van der Waals surface area (Å²) in [5, 5.41) is 0. The highest BCUT2D eigenvalue weighted by Crippen LogP contribution is 2.18. The summed E-state index contributed by atoms with van der Waals surface area (Å²) in [6.45, 7) is 5.02. The van der Waals surface area contributed by atoms with Gasteiger partial charge in [-0.15, -0.1) is 0 Å². The van der Waals surface area contributed by atoms with E-state index in [0.29, 0.717) is 26.1 Å². The molecule has 1 aliphatic heterocycles. The van der Waals surface area contributed by atoms with Crippen molar-refractivity contribution in [3.63, 3.8) is 0 Å². The quantitative estimate of drug-likeness (QED) is 0.783. The van der Waals surface area contributed by atoms with Crippen LogP contribution in [0.25, 0.3) is 0 Å². The minimum atomic E-state index is -1.65. The monoisotopic (exact) mass is 328 g/mol. The van der Waals surface area contributed by atoms with Crippen molar-refractivity contribution in [2.75, 3.05) is 26.2 Å². The second-order valence-electron chi connectivity index (χ2n) is 5.85. The topological polar surface area (TPSA) is 40.6 Å². The SMILES string of the molecule is CC(C)C(=O)N1CCCN(C(=O)c2ccc(F)c(F)c2F)CC1. The number of nitrogens with zero attached hydrogens (tertiary/aromatic N) is 2. The van der Waals surface area contributed by atoms with Gasteiger partial charge in [-0.1, -0.05) is 13.8 Å². The van der Waals surface area contributed by atoms with Gasteiger partial charge in [0.05, 0.1) is 5.56 Å². The molecular weight excluding hydrogens is 309 g/mol. The molecule has 0 spiro atoms. The molecule has 0 N–H and O–H groups in total. The highest BCUT2D eigenvalue weighted by molar-refractivity contribution is 5.94. The van der Waals surface area contributed by atoms with Crippen LogP contribution in [0.4, 0.5) is 13.2 Å². The second-order valence-corrected chi connectivity index (χ2v) is 5.85. The Hall–Kier alpha value is -2.05. The molecule has 0 saturated carbocycles. The van der Waals surface area contributed by atoms with E-state index in [-0.39, 0.29) is 18.4 Å². The molecule has 0 aliphatic carbocycles. The Morgan fingerprint density at radius 2 is 1.57 bits per heavy atom. The zero-order valence-corrected chi connectivity index (χ0v) is 13.1. The first-order chi connectivity index (χ1) is 10.8. The summed E-state index contributed by atoms with van der Waals surface area (Å²) >= 11 is 0. The van der Waals surface area contributed by atoms with Crippen LogP contribution in [0.5, 0.6) is 0 Å². The molecule has 1 heterocycles. The van der Waals surface area contributed by atoms with Crippen molar-refractivity contribution in [3.8, 4) is 0 Å². The molecule has 0 atom stereocenters. The molecule has 0 bridgehead atoms. The Balaban J connectivity index is 2.12. The molecule has 2 amide bonds. The van der Waals surface area contributed by atoms with Crippen LogP contribution in [0.2, 0.25) is 0 Å². The van der Waals surface area contributed by atoms with E-state index in [2.05, 4.69) is 0 Å². The molecule has 1 fully saturated rings. The lowest BCUT2D eigenvalue weighted by molar-refractivity contribution is -0.134. The van der Waals surface area contributed by atoms with Gasteiger partial charge in [-0.2, -0.15) is 0 Å². The minimum Gasteiger partial charge on any atom is -0.341 e. The summed E-state index contributed by atoms with van der Waals surface area (Å²) in [5.41, 5.74) is -0.493. The van der Waals surface area contributed by atoms with Crippen LogP contribution in [0.15, 0.2) is 12.1 Å². The van der Waals surface area contributed by atoms with Crippen molar-refractivity contribution in [1.29, 1.82) is 0 Å². The molecule has 1 aromatic carbocycles. The standard InChI is InChI=1S/C16H19F3N2O2/c1-10(2)15(22)20-6-3-7-21(9-8-20)16(23)11-4-5-12(17)14(19)13(11)18/h4-5,10H,3,6-9H2,1-2H3. The summed E-state index contributed by atoms with van der Waals surface area (Å²) in [4.78, 5) is 27.4. The average Bonchev–Trinajstić information content (AvgIpc) is 2.77. The number of hydrogen-bond acceptors (Lipinski definition) is 2. The molecule has 1 aromatic rings. The summed E-state index contributed by atoms with van der Waals surface area (Å²) in [5.74, 6) is -5.29. The van der Waals surface area contributed by atoms with E-state index in [4.69, 9.17) is 0 Å². The Kier molecular flexibility index (Phi) is 5.28. The lowest BCUT2D eigenvalue weighted by Crippen LogP contribution is -2.39. The summed E-state index contributed by atoms with van der Waals surface area (Å²) in [6, 6.07) is 1.68. The third-order valence-corrected chi connectivity index (χ3v) is 3.85. The fourth-order valence-corrected chi connectivity index (χ4v) is 2.57. The van der Waals surface area contributed by atoms with Gasteiger partial charge in [-0.05, 0) is 18.6 Å². The van der Waals surface area contributed by atoms with Crippen LogP contribution in [0.3, 0.4) is 0 Å². The summed E-state index contributed by atoms with van der Waals surface area (Å²) < 4.78 is 40.0. The number of hydrogen-bond donors (Lipinski definition) is 0. The van der Waals surface area contributed by atoms with Gasteiger partial charge in [0.1, 0.15) is 0 Å². The Morgan fingerprint density at radius 1 is 0.957 bits per heavy atom. The zero-order chi connectivity index (χ0) is 17.1. The molecule has 7 heteroatoms. The minimum absolute atomic E-state index is 0.00157. The van der Waals surface area contributed by atoms with Crippen molar-refractivity contribution < 1.29 is 22.8 Å². The molecule has 2 rings (SSSR count). The number of rotatable bonds is 2. The van der Waals surface area contributed by atoms with Gasteiger partial charge in [0.25, 0.3) is 5.91 Å². The van der Waals surface area contributed by atoms with E-state index < -0.39 is 28.9 Å². The second kappa shape index (κ2) is 7.02. The predicted molar refractivity (Wildman–Crippen MR) is 78.3 cm³/mol. The van der Waals surface area contributed by atoms with Crippen LogP contribution in [-0.2, 0) is 4.79 Å². The lowest BCUT2D eigenvalue weighted by Gasteiger charge is -2.23. The van der Waals surface area contributed by atoms with Gasteiger partial charge >= 0.3 is 0 Å². The first kappa shape index (κ1) is 17.3. The maximum absolute atomic E-state index is 13.8. The molecule has 1 saturated heterocycles. The van der Waals surface area contributed by atoms with Crippen LogP contribution in [0, 0.1) is 23.4 Å². The van der Waals surface area contributed by atoms with E-state index in [0.717, 1.165) is 12.1 Å². The smallest absolute Gasteiger partial charge is 0.257 e. The third-order valence-electron chi connectivity index (χ3n) is 3.85. The Bertz CT molecular complexity index is 620. The number of benzene rings is 1. The Morgan fingerprint density at radius 3 is 2.22 bits per heavy atom. The lowest BCUT2D eigenvalue weighted by atomic mass is 10.1. The van der Waals surface area contributed by atoms with Gasteiger partial charge in [-0.25, -0.2) is 13.2 Å². The first-order valence-electron chi connectivity index (χ1n) is 7.54. The predicted octanol–water partition coefficient (Wildman–Crippen LogP) is 2.43. The molecule has 1 aliphatic rings. The maximum Gasteiger partial charge on any atom is 0.257 e. The maximum atomic E-state index is 13.8. The molecular formula is C16H19F3N2O2. The van der Waals surface area contributed by atoms with Gasteiger partial charge in [0.15, 0.2) is 17.5 Å². The molecule has 23 heavy (non-hydrogen) atoms. The molecule has 4 nitrogen and oxygen atoms in total. The summed E-state index contributed by atoms with van der Waals surface area (Å²) in [6.07, 6.45) is 0.551. The van der Waals surface area contributed by atoms with Crippen LogP contribution in [-0.4, -0.2) is 47.8 Å². The van der Waals surface area contributed by atoms with Crippen molar-refractivity contribution >= 4 is 11.8 Å². The van der Waals surface area contributed by atoms with Crippen molar-refractivity contribution in [2.45, 2.75) is 20.3 Å². The van der Waals surface area contributed by atoms with E-state index in [1.54, 1.807) is 18.7 Å². The van der Waals surface area contributed by atoms with Crippen LogP contribution < -0.4 is 0 Å². The van der Waals surface area contributed by atoms with Gasteiger partial charge in [-0.3, -0.25) is 9.59 Å². The number of carbonyl (C=O) groups is 2. The van der Waals surface area contributed by atoms with Crippen molar-refractivity contribution in [3.05, 3.63) is 35.1 Å². The third kappa shape index (κ3) is 3.65.